The largest absolute Gasteiger partial charge is 0.468 e. The van der Waals surface area contributed by atoms with Crippen LogP contribution < -0.4 is 0 Å². The second-order valence-electron chi connectivity index (χ2n) is 3.73. The Morgan fingerprint density at radius 3 is 2.73 bits per heavy atom. The molecule has 15 heavy (non-hydrogen) atoms. The lowest BCUT2D eigenvalue weighted by atomic mass is 9.82. The van der Waals surface area contributed by atoms with E-state index in [-0.39, 0.29) is 5.78 Å². The highest BCUT2D eigenvalue weighted by atomic mass is 16.5. The third-order valence-corrected chi connectivity index (χ3v) is 2.81. The Morgan fingerprint density at radius 1 is 1.53 bits per heavy atom. The normalized spacial score (nSPS) is 24.5. The summed E-state index contributed by atoms with van der Waals surface area (Å²) in [6.45, 7) is 1.94. The van der Waals surface area contributed by atoms with Crippen molar-refractivity contribution in [3.8, 4) is 11.8 Å². The van der Waals surface area contributed by atoms with Gasteiger partial charge in [0, 0.05) is 19.3 Å². The first-order valence-corrected chi connectivity index (χ1v) is 5.25. The maximum atomic E-state index is 11.7. The lowest BCUT2D eigenvalue weighted by Gasteiger charge is -2.21. The van der Waals surface area contributed by atoms with E-state index in [1.165, 1.54) is 7.11 Å². The van der Waals surface area contributed by atoms with Crippen LogP contribution >= 0.6 is 0 Å². The van der Waals surface area contributed by atoms with Crippen molar-refractivity contribution in [2.75, 3.05) is 7.11 Å². The molecule has 1 fully saturated rings. The van der Waals surface area contributed by atoms with Gasteiger partial charge < -0.3 is 4.74 Å². The molecule has 0 bridgehead atoms. The van der Waals surface area contributed by atoms with Gasteiger partial charge in [0.1, 0.15) is 5.41 Å². The Labute approximate surface area is 90.2 Å². The van der Waals surface area contributed by atoms with Gasteiger partial charge in [0.25, 0.3) is 0 Å². The Hall–Kier alpha value is -1.30. The third-order valence-electron chi connectivity index (χ3n) is 2.81. The lowest BCUT2D eigenvalue weighted by Crippen LogP contribution is -2.35. The number of methoxy groups -OCH3 is 1. The van der Waals surface area contributed by atoms with Crippen molar-refractivity contribution in [3.05, 3.63) is 0 Å². The molecule has 82 valence electrons. The molecule has 0 spiro atoms. The number of carbonyl (C=O) groups is 2. The van der Waals surface area contributed by atoms with Crippen molar-refractivity contribution in [2.24, 2.45) is 5.41 Å². The van der Waals surface area contributed by atoms with Crippen molar-refractivity contribution >= 4 is 11.8 Å². The van der Waals surface area contributed by atoms with E-state index in [1.807, 2.05) is 6.92 Å². The van der Waals surface area contributed by atoms with E-state index in [2.05, 4.69) is 11.8 Å². The molecule has 0 aromatic heterocycles. The number of hydrogen-bond donors (Lipinski definition) is 0. The quantitative estimate of drug-likeness (QED) is 0.394. The first-order valence-electron chi connectivity index (χ1n) is 5.25. The Kier molecular flexibility index (Phi) is 3.90. The second-order valence-corrected chi connectivity index (χ2v) is 3.73. The summed E-state index contributed by atoms with van der Waals surface area (Å²) in [4.78, 5) is 23.4. The second kappa shape index (κ2) is 4.97. The third kappa shape index (κ3) is 2.20. The number of ether oxygens (including phenoxy) is 1. The highest BCUT2D eigenvalue weighted by Crippen LogP contribution is 2.38. The lowest BCUT2D eigenvalue weighted by molar-refractivity contribution is -0.156. The molecule has 0 aromatic rings. The van der Waals surface area contributed by atoms with Crippen LogP contribution in [-0.2, 0) is 14.3 Å². The van der Waals surface area contributed by atoms with Crippen LogP contribution in [0.25, 0.3) is 0 Å². The fraction of sp³-hybridized carbons (Fsp3) is 0.667. The van der Waals surface area contributed by atoms with Crippen molar-refractivity contribution in [3.63, 3.8) is 0 Å². The van der Waals surface area contributed by atoms with Crippen molar-refractivity contribution in [1.82, 2.24) is 0 Å². The average molecular weight is 208 g/mol. The van der Waals surface area contributed by atoms with Gasteiger partial charge in [0.2, 0.25) is 0 Å². The first-order chi connectivity index (χ1) is 7.17. The molecule has 1 unspecified atom stereocenters. The SMILES string of the molecule is CCC#CCC1(C(=O)OC)CCCC1=O. The Bertz CT molecular complexity index is 321. The van der Waals surface area contributed by atoms with E-state index < -0.39 is 11.4 Å². The van der Waals surface area contributed by atoms with Crippen LogP contribution in [0.3, 0.4) is 0 Å². The summed E-state index contributed by atoms with van der Waals surface area (Å²) in [5, 5.41) is 0. The van der Waals surface area contributed by atoms with Gasteiger partial charge in [-0.3, -0.25) is 9.59 Å². The Balaban J connectivity index is 2.86. The molecular formula is C12H16O3. The predicted octanol–water partition coefficient (Wildman–Crippen LogP) is 1.70. The molecule has 0 aromatic carbocycles. The zero-order chi connectivity index (χ0) is 11.3. The fourth-order valence-electron chi connectivity index (χ4n) is 1.94. The topological polar surface area (TPSA) is 43.4 Å². The van der Waals surface area contributed by atoms with Crippen LogP contribution in [0.4, 0.5) is 0 Å². The molecule has 0 radical (unpaired) electrons. The van der Waals surface area contributed by atoms with Gasteiger partial charge in [-0.25, -0.2) is 0 Å². The summed E-state index contributed by atoms with van der Waals surface area (Å²) >= 11 is 0. The molecular weight excluding hydrogens is 192 g/mol. The maximum absolute atomic E-state index is 11.7. The van der Waals surface area contributed by atoms with Gasteiger partial charge in [-0.2, -0.15) is 0 Å². The minimum Gasteiger partial charge on any atom is -0.468 e. The van der Waals surface area contributed by atoms with Gasteiger partial charge >= 0.3 is 5.97 Å². The highest BCUT2D eigenvalue weighted by Gasteiger charge is 2.48. The van der Waals surface area contributed by atoms with E-state index in [0.717, 1.165) is 12.8 Å². The van der Waals surface area contributed by atoms with E-state index >= 15 is 0 Å². The minimum atomic E-state index is -0.961. The Morgan fingerprint density at radius 2 is 2.27 bits per heavy atom. The highest BCUT2D eigenvalue weighted by molar-refractivity contribution is 6.05. The monoisotopic (exact) mass is 208 g/mol. The summed E-state index contributed by atoms with van der Waals surface area (Å²) < 4.78 is 4.71. The van der Waals surface area contributed by atoms with Crippen molar-refractivity contribution in [1.29, 1.82) is 0 Å². The zero-order valence-corrected chi connectivity index (χ0v) is 9.26. The van der Waals surface area contributed by atoms with E-state index in [4.69, 9.17) is 4.74 Å². The van der Waals surface area contributed by atoms with Crippen LogP contribution in [0.2, 0.25) is 0 Å². The van der Waals surface area contributed by atoms with Crippen LogP contribution in [0.5, 0.6) is 0 Å². The molecule has 1 rings (SSSR count). The first kappa shape index (κ1) is 11.8. The molecule has 0 amide bonds. The number of carbonyl (C=O) groups excluding carboxylic acids is 2. The molecule has 1 saturated carbocycles. The number of esters is 1. The molecule has 3 heteroatoms. The summed E-state index contributed by atoms with van der Waals surface area (Å²) in [7, 11) is 1.32. The van der Waals surface area contributed by atoms with E-state index in [0.29, 0.717) is 19.3 Å². The minimum absolute atomic E-state index is 0.0141. The van der Waals surface area contributed by atoms with Crippen LogP contribution in [0.1, 0.15) is 39.0 Å². The van der Waals surface area contributed by atoms with Crippen molar-refractivity contribution < 1.29 is 14.3 Å². The summed E-state index contributed by atoms with van der Waals surface area (Å²) in [5.74, 6) is 5.35. The van der Waals surface area contributed by atoms with Gasteiger partial charge in [0.15, 0.2) is 5.78 Å². The van der Waals surface area contributed by atoms with Gasteiger partial charge in [-0.15, -0.1) is 11.8 Å². The van der Waals surface area contributed by atoms with Crippen molar-refractivity contribution in [2.45, 2.75) is 39.0 Å². The zero-order valence-electron chi connectivity index (χ0n) is 9.26. The maximum Gasteiger partial charge on any atom is 0.320 e. The number of Topliss-reactive ketones (excluding diaryl/α,β-unsaturated/α-hetero) is 1. The van der Waals surface area contributed by atoms with Crippen LogP contribution in [0.15, 0.2) is 0 Å². The molecule has 0 N–H and O–H groups in total. The van der Waals surface area contributed by atoms with E-state index in [9.17, 15) is 9.59 Å². The smallest absolute Gasteiger partial charge is 0.320 e. The van der Waals surface area contributed by atoms with Gasteiger partial charge in [0.05, 0.1) is 7.11 Å². The van der Waals surface area contributed by atoms with Crippen LogP contribution in [0, 0.1) is 17.3 Å². The molecule has 1 aliphatic rings. The van der Waals surface area contributed by atoms with E-state index in [1.54, 1.807) is 0 Å². The van der Waals surface area contributed by atoms with Gasteiger partial charge in [-0.05, 0) is 12.8 Å². The predicted molar refractivity (Wildman–Crippen MR) is 56.0 cm³/mol. The molecule has 3 nitrogen and oxygen atoms in total. The van der Waals surface area contributed by atoms with Gasteiger partial charge in [-0.1, -0.05) is 6.92 Å². The standard InChI is InChI=1S/C12H16O3/c1-3-4-5-8-12(11(14)15-2)9-6-7-10(12)13/h3,6-9H2,1-2H3. The molecule has 0 heterocycles. The molecule has 1 atom stereocenters. The molecule has 0 saturated heterocycles. The number of hydrogen-bond acceptors (Lipinski definition) is 3. The molecule has 0 aliphatic heterocycles. The fourth-order valence-corrected chi connectivity index (χ4v) is 1.94. The summed E-state index contributed by atoms with van der Waals surface area (Å²) in [5.41, 5.74) is -0.961. The number of rotatable bonds is 2. The number of ketones is 1. The average Bonchev–Trinajstić information content (AvgIpc) is 2.61. The molecule has 1 aliphatic carbocycles. The summed E-state index contributed by atoms with van der Waals surface area (Å²) in [6.07, 6.45) is 2.87. The summed E-state index contributed by atoms with van der Waals surface area (Å²) in [6, 6.07) is 0. The van der Waals surface area contributed by atoms with Crippen LogP contribution in [-0.4, -0.2) is 18.9 Å².